The zero-order chi connectivity index (χ0) is 17.8. The summed E-state index contributed by atoms with van der Waals surface area (Å²) in [5.41, 5.74) is 1.17. The van der Waals surface area contributed by atoms with Crippen molar-refractivity contribution in [1.82, 2.24) is 0 Å². The Morgan fingerprint density at radius 3 is 1.92 bits per heavy atom. The molecule has 0 aromatic heterocycles. The van der Waals surface area contributed by atoms with Crippen molar-refractivity contribution in [2.75, 3.05) is 4.90 Å². The van der Waals surface area contributed by atoms with Gasteiger partial charge in [0, 0.05) is 10.7 Å². The number of nitrogens with zero attached hydrogens (tertiary/aromatic N) is 1. The molecule has 0 N–H and O–H groups in total. The first-order valence-corrected chi connectivity index (χ1v) is 9.63. The van der Waals surface area contributed by atoms with E-state index >= 15 is 0 Å². The van der Waals surface area contributed by atoms with Gasteiger partial charge in [0.1, 0.15) is 0 Å². The van der Waals surface area contributed by atoms with Gasteiger partial charge in [-0.25, -0.2) is 13.3 Å². The van der Waals surface area contributed by atoms with Gasteiger partial charge < -0.3 is 0 Å². The fraction of sp³-hybridized carbons (Fsp3) is 0. The first-order chi connectivity index (χ1) is 11.9. The number of carbonyl (C=O) groups excluding carboxylic acids is 2. The van der Waals surface area contributed by atoms with Crippen LogP contribution in [-0.2, 0) is 9.05 Å². The Hall–Kier alpha value is -2.70. The first-order valence-electron chi connectivity index (χ1n) is 7.32. The Morgan fingerprint density at radius 1 is 0.760 bits per heavy atom. The zero-order valence-corrected chi connectivity index (χ0v) is 14.2. The van der Waals surface area contributed by atoms with E-state index in [4.69, 9.17) is 10.7 Å². The van der Waals surface area contributed by atoms with E-state index in [0.29, 0.717) is 27.6 Å². The molecule has 1 aliphatic heterocycles. The molecule has 0 unspecified atom stereocenters. The van der Waals surface area contributed by atoms with Gasteiger partial charge in [0.2, 0.25) is 0 Å². The molecule has 3 aromatic rings. The summed E-state index contributed by atoms with van der Waals surface area (Å²) in [7, 11) is 1.54. The molecule has 0 fully saturated rings. The number of halogens is 1. The van der Waals surface area contributed by atoms with Crippen molar-refractivity contribution >= 4 is 48.0 Å². The maximum Gasteiger partial charge on any atom is 0.266 e. The standard InChI is InChI=1S/C18H10ClNO4S/c19-25(23,24)14-8-6-11-9-13(7-5-12(11)10-14)20-17(21)15-3-1-2-4-16(15)18(20)22/h1-10H. The minimum atomic E-state index is -3.82. The highest BCUT2D eigenvalue weighted by Crippen LogP contribution is 2.31. The Balaban J connectivity index is 1.81. The van der Waals surface area contributed by atoms with E-state index in [-0.39, 0.29) is 16.7 Å². The fourth-order valence-corrected chi connectivity index (χ4v) is 3.71. The third-order valence-electron chi connectivity index (χ3n) is 4.13. The van der Waals surface area contributed by atoms with Crippen molar-refractivity contribution in [1.29, 1.82) is 0 Å². The van der Waals surface area contributed by atoms with E-state index in [2.05, 4.69) is 0 Å². The number of anilines is 1. The van der Waals surface area contributed by atoms with E-state index in [1.54, 1.807) is 48.5 Å². The van der Waals surface area contributed by atoms with Crippen LogP contribution in [0, 0.1) is 0 Å². The van der Waals surface area contributed by atoms with Crippen LogP contribution in [0.3, 0.4) is 0 Å². The van der Waals surface area contributed by atoms with Crippen molar-refractivity contribution in [3.05, 3.63) is 71.8 Å². The van der Waals surface area contributed by atoms with Crippen LogP contribution in [0.15, 0.2) is 65.6 Å². The van der Waals surface area contributed by atoms with Gasteiger partial charge in [-0.15, -0.1) is 0 Å². The van der Waals surface area contributed by atoms with Gasteiger partial charge in [0.25, 0.3) is 20.9 Å². The molecule has 0 bridgehead atoms. The highest BCUT2D eigenvalue weighted by molar-refractivity contribution is 8.13. The second-order valence-electron chi connectivity index (χ2n) is 5.62. The average molecular weight is 372 g/mol. The summed E-state index contributed by atoms with van der Waals surface area (Å²) in [5, 5.41) is 1.33. The largest absolute Gasteiger partial charge is 0.268 e. The maximum absolute atomic E-state index is 12.5. The lowest BCUT2D eigenvalue weighted by molar-refractivity contribution is 0.0926. The van der Waals surface area contributed by atoms with Crippen LogP contribution in [0.4, 0.5) is 5.69 Å². The van der Waals surface area contributed by atoms with Crippen LogP contribution >= 0.6 is 10.7 Å². The van der Waals surface area contributed by atoms with Gasteiger partial charge in [-0.1, -0.05) is 24.3 Å². The number of imide groups is 1. The topological polar surface area (TPSA) is 71.5 Å². The van der Waals surface area contributed by atoms with Gasteiger partial charge in [-0.3, -0.25) is 9.59 Å². The zero-order valence-electron chi connectivity index (χ0n) is 12.6. The summed E-state index contributed by atoms with van der Waals surface area (Å²) in [6, 6.07) is 16.0. The molecule has 0 radical (unpaired) electrons. The molecule has 1 aliphatic rings. The summed E-state index contributed by atoms with van der Waals surface area (Å²) < 4.78 is 22.9. The van der Waals surface area contributed by atoms with E-state index in [1.165, 1.54) is 12.1 Å². The molecule has 7 heteroatoms. The molecule has 0 spiro atoms. The molecule has 124 valence electrons. The summed E-state index contributed by atoms with van der Waals surface area (Å²) in [4.78, 5) is 26.2. The molecule has 0 aliphatic carbocycles. The second-order valence-corrected chi connectivity index (χ2v) is 8.19. The van der Waals surface area contributed by atoms with Gasteiger partial charge in [0.15, 0.2) is 0 Å². The number of carbonyl (C=O) groups is 2. The molecule has 1 heterocycles. The molecule has 3 aromatic carbocycles. The van der Waals surface area contributed by atoms with Gasteiger partial charge in [-0.05, 0) is 47.2 Å². The predicted molar refractivity (Wildman–Crippen MR) is 94.6 cm³/mol. The van der Waals surface area contributed by atoms with Crippen LogP contribution in [0.1, 0.15) is 20.7 Å². The minimum absolute atomic E-state index is 0.00449. The minimum Gasteiger partial charge on any atom is -0.268 e. The number of rotatable bonds is 2. The van der Waals surface area contributed by atoms with Gasteiger partial charge in [-0.2, -0.15) is 0 Å². The molecule has 0 saturated heterocycles. The number of hydrogen-bond acceptors (Lipinski definition) is 4. The van der Waals surface area contributed by atoms with Crippen molar-refractivity contribution < 1.29 is 18.0 Å². The number of hydrogen-bond donors (Lipinski definition) is 0. The van der Waals surface area contributed by atoms with Crippen LogP contribution in [0.2, 0.25) is 0 Å². The second kappa shape index (κ2) is 5.40. The van der Waals surface area contributed by atoms with Crippen molar-refractivity contribution in [3.63, 3.8) is 0 Å². The normalized spacial score (nSPS) is 14.2. The van der Waals surface area contributed by atoms with Crippen molar-refractivity contribution in [2.24, 2.45) is 0 Å². The average Bonchev–Trinajstić information content (AvgIpc) is 2.85. The van der Waals surface area contributed by atoms with E-state index < -0.39 is 9.05 Å². The smallest absolute Gasteiger partial charge is 0.266 e. The first kappa shape index (κ1) is 15.8. The molecule has 5 nitrogen and oxygen atoms in total. The monoisotopic (exact) mass is 371 g/mol. The Morgan fingerprint density at radius 2 is 1.32 bits per heavy atom. The van der Waals surface area contributed by atoms with Gasteiger partial charge >= 0.3 is 0 Å². The molecule has 4 rings (SSSR count). The van der Waals surface area contributed by atoms with E-state index in [0.717, 1.165) is 4.90 Å². The highest BCUT2D eigenvalue weighted by Gasteiger charge is 2.36. The molecular formula is C18H10ClNO4S. The molecule has 0 atom stereocenters. The quantitative estimate of drug-likeness (QED) is 0.510. The van der Waals surface area contributed by atoms with Crippen LogP contribution in [0.25, 0.3) is 10.8 Å². The van der Waals surface area contributed by atoms with Crippen molar-refractivity contribution in [3.8, 4) is 0 Å². The van der Waals surface area contributed by atoms with E-state index in [1.807, 2.05) is 0 Å². The van der Waals surface area contributed by atoms with E-state index in [9.17, 15) is 18.0 Å². The number of amides is 2. The summed E-state index contributed by atoms with van der Waals surface area (Å²) in [6.45, 7) is 0. The summed E-state index contributed by atoms with van der Waals surface area (Å²) >= 11 is 0. The third kappa shape index (κ3) is 2.50. The Bertz CT molecular complexity index is 1140. The summed E-state index contributed by atoms with van der Waals surface area (Å²) in [6.07, 6.45) is 0. The van der Waals surface area contributed by atoms with Crippen molar-refractivity contribution in [2.45, 2.75) is 4.90 Å². The molecular weight excluding hydrogens is 362 g/mol. The Kier molecular flexibility index (Phi) is 3.42. The summed E-state index contributed by atoms with van der Waals surface area (Å²) in [5.74, 6) is -0.750. The third-order valence-corrected chi connectivity index (χ3v) is 5.48. The molecule has 2 amide bonds. The van der Waals surface area contributed by atoms with Gasteiger partial charge in [0.05, 0.1) is 21.7 Å². The lowest BCUT2D eigenvalue weighted by Gasteiger charge is -2.14. The fourth-order valence-electron chi connectivity index (χ4n) is 2.93. The lowest BCUT2D eigenvalue weighted by Crippen LogP contribution is -2.29. The molecule has 0 saturated carbocycles. The van der Waals surface area contributed by atoms with Crippen LogP contribution in [0.5, 0.6) is 0 Å². The molecule has 25 heavy (non-hydrogen) atoms. The van der Waals surface area contributed by atoms with Crippen LogP contribution in [-0.4, -0.2) is 20.2 Å². The highest BCUT2D eigenvalue weighted by atomic mass is 35.7. The Labute approximate surface area is 147 Å². The lowest BCUT2D eigenvalue weighted by atomic mass is 10.1. The maximum atomic E-state index is 12.5. The number of benzene rings is 3. The SMILES string of the molecule is O=C1c2ccccc2C(=O)N1c1ccc2cc(S(=O)(=O)Cl)ccc2c1. The van der Waals surface area contributed by atoms with Crippen LogP contribution < -0.4 is 4.90 Å². The number of fused-ring (bicyclic) bond motifs is 2. The predicted octanol–water partition coefficient (Wildman–Crippen LogP) is 3.57.